The topological polar surface area (TPSA) is 55.8 Å². The Morgan fingerprint density at radius 3 is 3.09 bits per heavy atom. The van der Waals surface area contributed by atoms with E-state index in [1.54, 1.807) is 18.1 Å². The van der Waals surface area contributed by atoms with Gasteiger partial charge in [-0.15, -0.1) is 0 Å². The third-order valence-corrected chi connectivity index (χ3v) is 5.02. The minimum atomic E-state index is -0.328. The van der Waals surface area contributed by atoms with Crippen LogP contribution in [0.1, 0.15) is 24.0 Å². The molecule has 1 unspecified atom stereocenters. The molecule has 0 fully saturated rings. The molecule has 2 aliphatic heterocycles. The van der Waals surface area contributed by atoms with Crippen LogP contribution in [0.15, 0.2) is 24.3 Å². The molecule has 2 atom stereocenters. The van der Waals surface area contributed by atoms with Crippen LogP contribution in [-0.2, 0) is 21.5 Å². The molecule has 1 spiro atoms. The van der Waals surface area contributed by atoms with Crippen LogP contribution in [-0.4, -0.2) is 36.9 Å². The first kappa shape index (κ1) is 13.4. The summed E-state index contributed by atoms with van der Waals surface area (Å²) >= 11 is 0. The van der Waals surface area contributed by atoms with Gasteiger partial charge in [-0.3, -0.25) is 9.59 Å². The first-order valence-corrected chi connectivity index (χ1v) is 7.46. The second kappa shape index (κ2) is 4.60. The van der Waals surface area contributed by atoms with Gasteiger partial charge in [0.05, 0.1) is 12.5 Å². The standard InChI is InChI=1S/C17H17NO4/c1-21-13-3-2-11-9-18(10-19)7-6-17-5-4-12(20)8-14(17)22-16(13)15(11)17/h2-5,10,14H,6-9H2,1H3/t14?,17-/m0/s1. The smallest absolute Gasteiger partial charge is 0.210 e. The molecule has 3 aliphatic rings. The van der Waals surface area contributed by atoms with Crippen molar-refractivity contribution in [1.82, 2.24) is 4.90 Å². The van der Waals surface area contributed by atoms with Crippen LogP contribution >= 0.6 is 0 Å². The van der Waals surface area contributed by atoms with E-state index in [0.29, 0.717) is 25.3 Å². The molecule has 1 aromatic rings. The number of carbonyl (C=O) groups excluding carboxylic acids is 2. The van der Waals surface area contributed by atoms with Gasteiger partial charge in [-0.05, 0) is 24.1 Å². The minimum absolute atomic E-state index is 0.0837. The Kier molecular flexibility index (Phi) is 2.79. The van der Waals surface area contributed by atoms with Crippen LogP contribution in [0, 0.1) is 0 Å². The van der Waals surface area contributed by atoms with Gasteiger partial charge in [0.2, 0.25) is 6.41 Å². The molecule has 0 saturated heterocycles. The van der Waals surface area contributed by atoms with Crippen molar-refractivity contribution in [3.8, 4) is 11.5 Å². The van der Waals surface area contributed by atoms with E-state index in [9.17, 15) is 9.59 Å². The third kappa shape index (κ3) is 1.65. The van der Waals surface area contributed by atoms with E-state index in [1.165, 1.54) is 0 Å². The van der Waals surface area contributed by atoms with Crippen LogP contribution in [0.5, 0.6) is 11.5 Å². The quantitative estimate of drug-likeness (QED) is 0.778. The van der Waals surface area contributed by atoms with Crippen molar-refractivity contribution in [3.63, 3.8) is 0 Å². The summed E-state index contributed by atoms with van der Waals surface area (Å²) in [5.74, 6) is 1.51. The molecule has 5 heteroatoms. The SMILES string of the molecule is COc1ccc2c3c1OC1CC(=O)C=C[C@@]31CCN(C=O)C2. The summed E-state index contributed by atoms with van der Waals surface area (Å²) in [5, 5.41) is 0. The first-order chi connectivity index (χ1) is 10.7. The van der Waals surface area contributed by atoms with Crippen molar-refractivity contribution in [2.45, 2.75) is 30.9 Å². The van der Waals surface area contributed by atoms with E-state index in [-0.39, 0.29) is 17.3 Å². The Morgan fingerprint density at radius 1 is 1.45 bits per heavy atom. The van der Waals surface area contributed by atoms with Gasteiger partial charge >= 0.3 is 0 Å². The summed E-state index contributed by atoms with van der Waals surface area (Å²) in [6.07, 6.45) is 5.45. The van der Waals surface area contributed by atoms with E-state index in [0.717, 1.165) is 29.7 Å². The summed E-state index contributed by atoms with van der Waals surface area (Å²) in [6.45, 7) is 1.22. The molecule has 1 amide bonds. The van der Waals surface area contributed by atoms with E-state index < -0.39 is 0 Å². The van der Waals surface area contributed by atoms with Gasteiger partial charge in [-0.25, -0.2) is 0 Å². The fourth-order valence-electron chi connectivity index (χ4n) is 3.93. The molecule has 5 nitrogen and oxygen atoms in total. The maximum absolute atomic E-state index is 11.8. The molecule has 22 heavy (non-hydrogen) atoms. The maximum atomic E-state index is 11.8. The monoisotopic (exact) mass is 299 g/mol. The summed E-state index contributed by atoms with van der Waals surface area (Å²) in [5.41, 5.74) is 1.83. The van der Waals surface area contributed by atoms with E-state index >= 15 is 0 Å². The van der Waals surface area contributed by atoms with Crippen molar-refractivity contribution >= 4 is 12.2 Å². The fraction of sp³-hybridized carbons (Fsp3) is 0.412. The lowest BCUT2D eigenvalue weighted by atomic mass is 9.69. The Labute approximate surface area is 128 Å². The van der Waals surface area contributed by atoms with Gasteiger partial charge in [0.15, 0.2) is 17.3 Å². The number of ether oxygens (including phenoxy) is 2. The van der Waals surface area contributed by atoms with Crippen molar-refractivity contribution in [2.24, 2.45) is 0 Å². The van der Waals surface area contributed by atoms with Crippen molar-refractivity contribution in [2.75, 3.05) is 13.7 Å². The number of benzene rings is 1. The Bertz CT molecular complexity index is 696. The average molecular weight is 299 g/mol. The third-order valence-electron chi connectivity index (χ3n) is 5.02. The van der Waals surface area contributed by atoms with Crippen LogP contribution in [0.25, 0.3) is 0 Å². The van der Waals surface area contributed by atoms with Crippen LogP contribution in [0.4, 0.5) is 0 Å². The molecule has 1 aromatic carbocycles. The Morgan fingerprint density at radius 2 is 2.32 bits per heavy atom. The highest BCUT2D eigenvalue weighted by atomic mass is 16.5. The number of nitrogens with zero attached hydrogens (tertiary/aromatic N) is 1. The molecule has 0 radical (unpaired) electrons. The summed E-state index contributed by atoms with van der Waals surface area (Å²) < 4.78 is 11.6. The molecule has 0 saturated carbocycles. The number of hydrogen-bond donors (Lipinski definition) is 0. The zero-order valence-electron chi connectivity index (χ0n) is 12.4. The Balaban J connectivity index is 1.96. The summed E-state index contributed by atoms with van der Waals surface area (Å²) in [7, 11) is 1.62. The lowest BCUT2D eigenvalue weighted by Gasteiger charge is -2.33. The minimum Gasteiger partial charge on any atom is -0.493 e. The number of allylic oxidation sites excluding steroid dienone is 1. The maximum Gasteiger partial charge on any atom is 0.210 e. The highest BCUT2D eigenvalue weighted by molar-refractivity contribution is 5.92. The fourth-order valence-corrected chi connectivity index (χ4v) is 3.93. The lowest BCUT2D eigenvalue weighted by Crippen LogP contribution is -2.41. The number of ketones is 1. The lowest BCUT2D eigenvalue weighted by molar-refractivity contribution is -0.119. The van der Waals surface area contributed by atoms with E-state index in [1.807, 2.05) is 18.2 Å². The predicted octanol–water partition coefficient (Wildman–Crippen LogP) is 1.59. The highest BCUT2D eigenvalue weighted by Crippen LogP contribution is 2.55. The van der Waals surface area contributed by atoms with Crippen molar-refractivity contribution < 1.29 is 19.1 Å². The van der Waals surface area contributed by atoms with Crippen molar-refractivity contribution in [3.05, 3.63) is 35.4 Å². The number of carbonyl (C=O) groups is 2. The average Bonchev–Trinajstić information content (AvgIpc) is 2.76. The molecule has 0 bridgehead atoms. The van der Waals surface area contributed by atoms with E-state index in [2.05, 4.69) is 0 Å². The van der Waals surface area contributed by atoms with Gasteiger partial charge in [-0.1, -0.05) is 12.1 Å². The van der Waals surface area contributed by atoms with Crippen LogP contribution in [0.3, 0.4) is 0 Å². The van der Waals surface area contributed by atoms with Crippen LogP contribution < -0.4 is 9.47 Å². The van der Waals surface area contributed by atoms with Gasteiger partial charge in [0.25, 0.3) is 0 Å². The molecule has 0 aromatic heterocycles. The predicted molar refractivity (Wildman–Crippen MR) is 78.9 cm³/mol. The number of methoxy groups -OCH3 is 1. The summed E-state index contributed by atoms with van der Waals surface area (Å²) in [6, 6.07) is 3.87. The van der Waals surface area contributed by atoms with Gasteiger partial charge in [0, 0.05) is 25.1 Å². The van der Waals surface area contributed by atoms with Gasteiger partial charge in [-0.2, -0.15) is 0 Å². The Hall–Kier alpha value is -2.30. The zero-order chi connectivity index (χ0) is 15.3. The molecule has 0 N–H and O–H groups in total. The number of hydrogen-bond acceptors (Lipinski definition) is 4. The normalized spacial score (nSPS) is 28.5. The van der Waals surface area contributed by atoms with Crippen molar-refractivity contribution in [1.29, 1.82) is 0 Å². The van der Waals surface area contributed by atoms with Crippen LogP contribution in [0.2, 0.25) is 0 Å². The van der Waals surface area contributed by atoms with Gasteiger partial charge < -0.3 is 14.4 Å². The second-order valence-corrected chi connectivity index (χ2v) is 6.11. The molecule has 4 rings (SSSR count). The molecular formula is C17H17NO4. The molecular weight excluding hydrogens is 282 g/mol. The second-order valence-electron chi connectivity index (χ2n) is 6.11. The highest BCUT2D eigenvalue weighted by Gasteiger charge is 2.52. The largest absolute Gasteiger partial charge is 0.493 e. The number of amides is 1. The molecule has 2 heterocycles. The molecule has 1 aliphatic carbocycles. The van der Waals surface area contributed by atoms with E-state index in [4.69, 9.17) is 9.47 Å². The van der Waals surface area contributed by atoms with Gasteiger partial charge in [0.1, 0.15) is 6.10 Å². The zero-order valence-corrected chi connectivity index (χ0v) is 12.4. The molecule has 114 valence electrons. The number of rotatable bonds is 2. The summed E-state index contributed by atoms with van der Waals surface area (Å²) in [4.78, 5) is 24.9. The first-order valence-electron chi connectivity index (χ1n) is 7.46.